The van der Waals surface area contributed by atoms with Gasteiger partial charge >= 0.3 is 0 Å². The van der Waals surface area contributed by atoms with Crippen LogP contribution in [0.3, 0.4) is 0 Å². The number of allylic oxidation sites excluding steroid dienone is 4. The Morgan fingerprint density at radius 2 is 1.73 bits per heavy atom. The van der Waals surface area contributed by atoms with Crippen LogP contribution in [0.25, 0.3) is 0 Å². The van der Waals surface area contributed by atoms with Crippen molar-refractivity contribution in [2.45, 2.75) is 0 Å². The van der Waals surface area contributed by atoms with Crippen molar-refractivity contribution in [3.8, 4) is 24.3 Å². The SMILES string of the molecule is N#CC(C#N)=C1OC=CC(C#N)=C1C#N. The molecule has 5 heteroatoms. The van der Waals surface area contributed by atoms with Gasteiger partial charge in [-0.2, -0.15) is 21.0 Å². The summed E-state index contributed by atoms with van der Waals surface area (Å²) >= 11 is 0. The van der Waals surface area contributed by atoms with Crippen LogP contribution in [0, 0.1) is 45.3 Å². The van der Waals surface area contributed by atoms with Crippen molar-refractivity contribution in [1.82, 2.24) is 0 Å². The molecule has 0 aromatic carbocycles. The zero-order chi connectivity index (χ0) is 11.3. The van der Waals surface area contributed by atoms with Crippen LogP contribution in [-0.2, 0) is 4.74 Å². The lowest BCUT2D eigenvalue weighted by atomic mass is 10.0. The van der Waals surface area contributed by atoms with E-state index in [2.05, 4.69) is 0 Å². The van der Waals surface area contributed by atoms with Crippen LogP contribution in [0.5, 0.6) is 0 Å². The third-order valence-electron chi connectivity index (χ3n) is 1.60. The largest absolute Gasteiger partial charge is 0.461 e. The Kier molecular flexibility index (Phi) is 2.87. The number of ether oxygens (including phenoxy) is 1. The highest BCUT2D eigenvalue weighted by Gasteiger charge is 2.19. The molecule has 1 heterocycles. The first-order valence-corrected chi connectivity index (χ1v) is 3.71. The third-order valence-corrected chi connectivity index (χ3v) is 1.60. The summed E-state index contributed by atoms with van der Waals surface area (Å²) in [6, 6.07) is 6.69. The van der Waals surface area contributed by atoms with Crippen LogP contribution >= 0.6 is 0 Å². The second-order valence-corrected chi connectivity index (χ2v) is 2.36. The molecule has 1 aliphatic heterocycles. The fourth-order valence-electron chi connectivity index (χ4n) is 0.949. The summed E-state index contributed by atoms with van der Waals surface area (Å²) in [4.78, 5) is 0. The van der Waals surface area contributed by atoms with Gasteiger partial charge in [0.05, 0.1) is 11.8 Å². The van der Waals surface area contributed by atoms with E-state index in [0.717, 1.165) is 6.26 Å². The lowest BCUT2D eigenvalue weighted by molar-refractivity contribution is 0.357. The van der Waals surface area contributed by atoms with Crippen molar-refractivity contribution in [3.63, 3.8) is 0 Å². The van der Waals surface area contributed by atoms with Crippen molar-refractivity contribution < 1.29 is 4.74 Å². The first-order chi connectivity index (χ1) is 7.28. The minimum Gasteiger partial charge on any atom is -0.461 e. The quantitative estimate of drug-likeness (QED) is 0.538. The molecule has 0 atom stereocenters. The summed E-state index contributed by atoms with van der Waals surface area (Å²) in [6.45, 7) is 0. The normalized spacial score (nSPS) is 12.9. The molecule has 68 valence electrons. The van der Waals surface area contributed by atoms with Crippen LogP contribution in [0.1, 0.15) is 0 Å². The molecule has 0 saturated carbocycles. The molecule has 0 radical (unpaired) electrons. The van der Waals surface area contributed by atoms with Gasteiger partial charge in [0.15, 0.2) is 11.3 Å². The minimum atomic E-state index is -0.330. The fourth-order valence-corrected chi connectivity index (χ4v) is 0.949. The second-order valence-electron chi connectivity index (χ2n) is 2.36. The molecule has 1 aliphatic rings. The predicted molar refractivity (Wildman–Crippen MR) is 46.7 cm³/mol. The van der Waals surface area contributed by atoms with Crippen molar-refractivity contribution in [2.24, 2.45) is 0 Å². The van der Waals surface area contributed by atoms with E-state index in [1.807, 2.05) is 0 Å². The van der Waals surface area contributed by atoms with Gasteiger partial charge in [0.2, 0.25) is 0 Å². The molecule has 1 rings (SSSR count). The Balaban J connectivity index is 3.50. The molecule has 0 amide bonds. The topological polar surface area (TPSA) is 104 Å². The molecule has 5 nitrogen and oxygen atoms in total. The summed E-state index contributed by atoms with van der Waals surface area (Å²) < 4.78 is 4.88. The Hall–Kier alpha value is -3.02. The molecule has 0 aromatic rings. The van der Waals surface area contributed by atoms with E-state index in [1.54, 1.807) is 24.3 Å². The van der Waals surface area contributed by atoms with Crippen LogP contribution in [-0.4, -0.2) is 0 Å². The molecule has 0 aromatic heterocycles. The van der Waals surface area contributed by atoms with Crippen molar-refractivity contribution in [1.29, 1.82) is 21.0 Å². The summed E-state index contributed by atoms with van der Waals surface area (Å²) in [6.07, 6.45) is 2.46. The van der Waals surface area contributed by atoms with Crippen molar-refractivity contribution >= 4 is 0 Å². The molecular weight excluding hydrogens is 192 g/mol. The lowest BCUT2D eigenvalue weighted by Gasteiger charge is -2.09. The number of hydrogen-bond donors (Lipinski definition) is 0. The highest BCUT2D eigenvalue weighted by atomic mass is 16.5. The summed E-state index contributed by atoms with van der Waals surface area (Å²) in [5, 5.41) is 34.7. The van der Waals surface area contributed by atoms with Gasteiger partial charge < -0.3 is 4.74 Å². The van der Waals surface area contributed by atoms with Crippen molar-refractivity contribution in [2.75, 3.05) is 0 Å². The molecule has 0 aliphatic carbocycles. The average Bonchev–Trinajstić information content (AvgIpc) is 2.30. The Bertz CT molecular complexity index is 536. The van der Waals surface area contributed by atoms with Crippen LogP contribution in [0.15, 0.2) is 34.8 Å². The predicted octanol–water partition coefficient (Wildman–Crippen LogP) is 1.18. The molecule has 0 unspecified atom stereocenters. The van der Waals surface area contributed by atoms with Gasteiger partial charge in [0.1, 0.15) is 29.8 Å². The summed E-state index contributed by atoms with van der Waals surface area (Å²) in [5.41, 5.74) is -0.358. The van der Waals surface area contributed by atoms with E-state index in [-0.39, 0.29) is 22.5 Å². The van der Waals surface area contributed by atoms with E-state index in [1.165, 1.54) is 6.08 Å². The Labute approximate surface area is 85.6 Å². The molecule has 0 saturated heterocycles. The molecular formula is C10H2N4O. The molecule has 0 spiro atoms. The van der Waals surface area contributed by atoms with Crippen LogP contribution in [0.2, 0.25) is 0 Å². The molecule has 0 fully saturated rings. The lowest BCUT2D eigenvalue weighted by Crippen LogP contribution is -2.01. The highest BCUT2D eigenvalue weighted by Crippen LogP contribution is 2.24. The number of rotatable bonds is 0. The maximum absolute atomic E-state index is 8.78. The zero-order valence-corrected chi connectivity index (χ0v) is 7.35. The first-order valence-electron chi connectivity index (χ1n) is 3.71. The second kappa shape index (κ2) is 4.28. The Morgan fingerprint density at radius 3 is 2.20 bits per heavy atom. The smallest absolute Gasteiger partial charge is 0.174 e. The third kappa shape index (κ3) is 1.68. The first kappa shape index (κ1) is 10.1. The van der Waals surface area contributed by atoms with Gasteiger partial charge in [-0.25, -0.2) is 0 Å². The minimum absolute atomic E-state index is 0.0711. The van der Waals surface area contributed by atoms with E-state index in [0.29, 0.717) is 0 Å². The van der Waals surface area contributed by atoms with Gasteiger partial charge in [-0.1, -0.05) is 0 Å². The van der Waals surface area contributed by atoms with Crippen molar-refractivity contribution in [3.05, 3.63) is 34.8 Å². The summed E-state index contributed by atoms with van der Waals surface area (Å²) in [7, 11) is 0. The number of nitrogens with zero attached hydrogens (tertiary/aromatic N) is 4. The van der Waals surface area contributed by atoms with Gasteiger partial charge in [-0.05, 0) is 6.08 Å². The standard InChI is InChI=1S/C10H2N4O/c11-3-7-1-2-15-10(9(7)6-14)8(4-12)5-13/h1-2H. The highest BCUT2D eigenvalue weighted by molar-refractivity contribution is 5.59. The van der Waals surface area contributed by atoms with E-state index in [4.69, 9.17) is 25.8 Å². The molecule has 0 bridgehead atoms. The van der Waals surface area contributed by atoms with Gasteiger partial charge in [0.25, 0.3) is 0 Å². The van der Waals surface area contributed by atoms with Gasteiger partial charge in [0, 0.05) is 0 Å². The maximum atomic E-state index is 8.78. The fraction of sp³-hybridized carbons (Fsp3) is 0. The average molecular weight is 194 g/mol. The van der Waals surface area contributed by atoms with E-state index in [9.17, 15) is 0 Å². The number of hydrogen-bond acceptors (Lipinski definition) is 5. The van der Waals surface area contributed by atoms with Crippen LogP contribution < -0.4 is 0 Å². The molecule has 15 heavy (non-hydrogen) atoms. The number of nitriles is 4. The monoisotopic (exact) mass is 194 g/mol. The van der Waals surface area contributed by atoms with E-state index < -0.39 is 0 Å². The zero-order valence-electron chi connectivity index (χ0n) is 7.35. The molecule has 0 N–H and O–H groups in total. The maximum Gasteiger partial charge on any atom is 0.174 e. The van der Waals surface area contributed by atoms with E-state index >= 15 is 0 Å². The summed E-state index contributed by atoms with van der Waals surface area (Å²) in [5.74, 6) is -0.165. The van der Waals surface area contributed by atoms with Gasteiger partial charge in [-0.15, -0.1) is 0 Å². The van der Waals surface area contributed by atoms with Crippen LogP contribution in [0.4, 0.5) is 0 Å². The Morgan fingerprint density at radius 1 is 1.07 bits per heavy atom. The van der Waals surface area contributed by atoms with Gasteiger partial charge in [-0.3, -0.25) is 0 Å².